The van der Waals surface area contributed by atoms with E-state index in [1.807, 2.05) is 32.0 Å². The van der Waals surface area contributed by atoms with Crippen molar-refractivity contribution in [2.75, 3.05) is 16.3 Å². The average Bonchev–Trinajstić information content (AvgIpc) is 3.38. The molecule has 0 aliphatic carbocycles. The molecule has 192 valence electrons. The first kappa shape index (κ1) is 24.8. The summed E-state index contributed by atoms with van der Waals surface area (Å²) in [6.45, 7) is 5.67. The zero-order valence-electron chi connectivity index (χ0n) is 20.9. The summed E-state index contributed by atoms with van der Waals surface area (Å²) < 4.78 is 5.55. The summed E-state index contributed by atoms with van der Waals surface area (Å²) in [4.78, 5) is 64.7. The second-order valence-corrected chi connectivity index (χ2v) is 9.47. The van der Waals surface area contributed by atoms with Crippen molar-refractivity contribution in [2.24, 2.45) is 5.92 Å². The molecule has 38 heavy (non-hydrogen) atoms. The molecule has 0 aromatic heterocycles. The van der Waals surface area contributed by atoms with E-state index >= 15 is 0 Å². The van der Waals surface area contributed by atoms with Crippen molar-refractivity contribution < 1.29 is 28.8 Å². The van der Waals surface area contributed by atoms with Gasteiger partial charge in [0.15, 0.2) is 0 Å². The van der Waals surface area contributed by atoms with Crippen molar-refractivity contribution in [1.82, 2.24) is 0 Å². The number of carbonyl (C=O) groups excluding carboxylic acids is 4. The Kier molecular flexibility index (Phi) is 6.02. The van der Waals surface area contributed by atoms with Crippen molar-refractivity contribution in [2.45, 2.75) is 27.2 Å². The molecule has 10 nitrogen and oxygen atoms in total. The number of fused-ring (bicyclic) bond motifs is 1. The molecule has 0 N–H and O–H groups in total. The fourth-order valence-electron chi connectivity index (χ4n) is 4.89. The third-order valence-electron chi connectivity index (χ3n) is 6.83. The molecule has 5 rings (SSSR count). The predicted molar refractivity (Wildman–Crippen MR) is 137 cm³/mol. The highest BCUT2D eigenvalue weighted by Crippen LogP contribution is 2.36. The summed E-state index contributed by atoms with van der Waals surface area (Å²) in [5.74, 6) is -2.64. The fraction of sp³-hybridized carbons (Fsp3) is 0.214. The third-order valence-corrected chi connectivity index (χ3v) is 6.83. The molecule has 0 radical (unpaired) electrons. The second-order valence-electron chi connectivity index (χ2n) is 9.47. The Morgan fingerprint density at radius 2 is 1.71 bits per heavy atom. The molecule has 3 aromatic carbocycles. The van der Waals surface area contributed by atoms with Crippen LogP contribution in [0.3, 0.4) is 0 Å². The Morgan fingerprint density at radius 3 is 2.42 bits per heavy atom. The Balaban J connectivity index is 1.33. The number of carbonyl (C=O) groups is 4. The van der Waals surface area contributed by atoms with Gasteiger partial charge in [0.2, 0.25) is 5.91 Å². The number of nitro benzene ring substituents is 1. The highest BCUT2D eigenvalue weighted by atomic mass is 16.6. The van der Waals surface area contributed by atoms with Crippen molar-refractivity contribution in [3.63, 3.8) is 0 Å². The molecule has 1 fully saturated rings. The number of esters is 1. The summed E-state index contributed by atoms with van der Waals surface area (Å²) >= 11 is 0. The molecule has 0 spiro atoms. The number of rotatable bonds is 5. The molecule has 0 unspecified atom stereocenters. The van der Waals surface area contributed by atoms with E-state index in [-0.39, 0.29) is 41.4 Å². The molecule has 3 amide bonds. The van der Waals surface area contributed by atoms with E-state index in [0.29, 0.717) is 5.56 Å². The van der Waals surface area contributed by atoms with Crippen LogP contribution in [0.1, 0.15) is 43.8 Å². The maximum absolute atomic E-state index is 13.0. The van der Waals surface area contributed by atoms with Crippen LogP contribution in [0.4, 0.5) is 17.1 Å². The van der Waals surface area contributed by atoms with Gasteiger partial charge in [-0.15, -0.1) is 0 Å². The van der Waals surface area contributed by atoms with Crippen LogP contribution in [-0.4, -0.2) is 35.2 Å². The quantitative estimate of drug-likeness (QED) is 0.164. The van der Waals surface area contributed by atoms with Crippen LogP contribution >= 0.6 is 0 Å². The lowest BCUT2D eigenvalue weighted by Gasteiger charge is -2.20. The maximum atomic E-state index is 13.0. The number of nitrogens with zero attached hydrogens (tertiary/aromatic N) is 3. The number of amides is 3. The van der Waals surface area contributed by atoms with Gasteiger partial charge < -0.3 is 9.64 Å². The van der Waals surface area contributed by atoms with E-state index in [4.69, 9.17) is 4.74 Å². The number of imide groups is 1. The molecule has 1 atom stereocenters. The number of anilines is 2. The molecule has 0 saturated carbocycles. The van der Waals surface area contributed by atoms with E-state index in [1.54, 1.807) is 11.8 Å². The van der Waals surface area contributed by atoms with Crippen molar-refractivity contribution in [3.8, 4) is 5.75 Å². The predicted octanol–water partition coefficient (Wildman–Crippen LogP) is 4.28. The number of aryl methyl sites for hydroxylation is 3. The smallest absolute Gasteiger partial charge is 0.316 e. The SMILES string of the molecule is Cc1ccc(C)c(N2C[C@@H](C(=O)Oc3ccc(N4C(=O)c5cccc([N+](=O)[O-])c5C4=O)c(C)c3)CC2=O)c1. The first-order valence-electron chi connectivity index (χ1n) is 11.9. The first-order chi connectivity index (χ1) is 18.1. The highest BCUT2D eigenvalue weighted by Gasteiger charge is 2.42. The molecule has 2 aliphatic rings. The van der Waals surface area contributed by atoms with Gasteiger partial charge >= 0.3 is 5.97 Å². The Bertz CT molecular complexity index is 1560. The summed E-state index contributed by atoms with van der Waals surface area (Å²) in [5, 5.41) is 11.4. The summed E-state index contributed by atoms with van der Waals surface area (Å²) in [7, 11) is 0. The molecular formula is C28H23N3O7. The van der Waals surface area contributed by atoms with E-state index in [9.17, 15) is 29.3 Å². The highest BCUT2D eigenvalue weighted by molar-refractivity contribution is 6.35. The standard InChI is InChI=1S/C28H23N3O7/c1-15-7-8-16(2)23(11-15)29-14-18(13-24(29)32)28(35)38-19-9-10-21(17(3)12-19)30-26(33)20-5-4-6-22(31(36)37)25(20)27(30)34/h4-12,18H,13-14H2,1-3H3/t18-/m0/s1. The summed E-state index contributed by atoms with van der Waals surface area (Å²) in [6, 6.07) is 14.1. The van der Waals surface area contributed by atoms with Crippen molar-refractivity contribution in [3.05, 3.63) is 92.5 Å². The zero-order chi connectivity index (χ0) is 27.3. The van der Waals surface area contributed by atoms with Gasteiger partial charge in [-0.1, -0.05) is 18.2 Å². The van der Waals surface area contributed by atoms with Gasteiger partial charge in [0, 0.05) is 24.7 Å². The number of nitro groups is 1. The monoisotopic (exact) mass is 513 g/mol. The van der Waals surface area contributed by atoms with Gasteiger partial charge in [-0.2, -0.15) is 0 Å². The van der Waals surface area contributed by atoms with Crippen molar-refractivity contribution in [1.29, 1.82) is 0 Å². The van der Waals surface area contributed by atoms with Gasteiger partial charge in [0.1, 0.15) is 11.3 Å². The minimum Gasteiger partial charge on any atom is -0.426 e. The third kappa shape index (κ3) is 4.09. The fourth-order valence-corrected chi connectivity index (χ4v) is 4.89. The van der Waals surface area contributed by atoms with Gasteiger partial charge in [-0.3, -0.25) is 29.3 Å². The number of benzene rings is 3. The minimum atomic E-state index is -0.791. The van der Waals surface area contributed by atoms with Gasteiger partial charge in [0.25, 0.3) is 17.5 Å². The molecule has 10 heteroatoms. The molecule has 3 aromatic rings. The molecule has 2 heterocycles. The summed E-state index contributed by atoms with van der Waals surface area (Å²) in [6.07, 6.45) is 0.0249. The van der Waals surface area contributed by atoms with E-state index in [0.717, 1.165) is 21.7 Å². The van der Waals surface area contributed by atoms with Gasteiger partial charge in [-0.05, 0) is 67.8 Å². The lowest BCUT2D eigenvalue weighted by Crippen LogP contribution is -2.30. The normalized spacial score (nSPS) is 16.7. The van der Waals surface area contributed by atoms with E-state index in [2.05, 4.69) is 0 Å². The van der Waals surface area contributed by atoms with Crippen LogP contribution in [0, 0.1) is 36.8 Å². The Morgan fingerprint density at radius 1 is 0.947 bits per heavy atom. The van der Waals surface area contributed by atoms with Crippen LogP contribution in [0.2, 0.25) is 0 Å². The van der Waals surface area contributed by atoms with Crippen LogP contribution in [0.15, 0.2) is 54.6 Å². The first-order valence-corrected chi connectivity index (χ1v) is 11.9. The number of hydrogen-bond acceptors (Lipinski definition) is 7. The molecule has 0 bridgehead atoms. The Hall–Kier alpha value is -4.86. The maximum Gasteiger partial charge on any atom is 0.316 e. The number of ether oxygens (including phenoxy) is 1. The Labute approximate surface area is 217 Å². The van der Waals surface area contributed by atoms with Gasteiger partial charge in [0.05, 0.1) is 22.1 Å². The largest absolute Gasteiger partial charge is 0.426 e. The lowest BCUT2D eigenvalue weighted by molar-refractivity contribution is -0.385. The van der Waals surface area contributed by atoms with Crippen LogP contribution in [-0.2, 0) is 9.59 Å². The van der Waals surface area contributed by atoms with Crippen LogP contribution < -0.4 is 14.5 Å². The van der Waals surface area contributed by atoms with Crippen LogP contribution in [0.25, 0.3) is 0 Å². The molecular weight excluding hydrogens is 490 g/mol. The molecule has 2 aliphatic heterocycles. The van der Waals surface area contributed by atoms with E-state index in [1.165, 1.54) is 36.4 Å². The second kappa shape index (κ2) is 9.22. The number of hydrogen-bond donors (Lipinski definition) is 0. The summed E-state index contributed by atoms with van der Waals surface area (Å²) in [5.41, 5.74) is 2.65. The van der Waals surface area contributed by atoms with E-state index < -0.39 is 34.3 Å². The van der Waals surface area contributed by atoms with Gasteiger partial charge in [-0.25, -0.2) is 4.90 Å². The molecule has 1 saturated heterocycles. The minimum absolute atomic E-state index is 0.0249. The average molecular weight is 514 g/mol. The topological polar surface area (TPSA) is 127 Å². The van der Waals surface area contributed by atoms with Crippen molar-refractivity contribution >= 4 is 40.8 Å². The lowest BCUT2D eigenvalue weighted by atomic mass is 10.1. The zero-order valence-corrected chi connectivity index (χ0v) is 20.9. The van der Waals surface area contributed by atoms with Crippen LogP contribution in [0.5, 0.6) is 5.75 Å².